The molecule has 2 rings (SSSR count). The number of nitrogens with two attached hydrogens (primary N) is 2. The zero-order valence-electron chi connectivity index (χ0n) is 10.9. The molecule has 0 aliphatic carbocycles. The van der Waals surface area contributed by atoms with Crippen molar-refractivity contribution in [1.82, 2.24) is 9.55 Å². The largest absolute Gasteiger partial charge is 0.394 e. The predicted molar refractivity (Wildman–Crippen MR) is 68.5 cm³/mol. The summed E-state index contributed by atoms with van der Waals surface area (Å²) in [6, 6.07) is -0.466. The van der Waals surface area contributed by atoms with E-state index in [9.17, 15) is 15.0 Å². The first kappa shape index (κ1) is 14.9. The Bertz CT molecular complexity index is 546. The maximum Gasteiger partial charge on any atom is 0.351 e. The Morgan fingerprint density at radius 2 is 2.15 bits per heavy atom. The monoisotopic (exact) mass is 286 g/mol. The molecule has 5 atom stereocenters. The van der Waals surface area contributed by atoms with Crippen molar-refractivity contribution in [3.05, 3.63) is 22.2 Å². The van der Waals surface area contributed by atoms with Gasteiger partial charge in [-0.25, -0.2) is 4.79 Å². The fraction of sp³-hybridized carbons (Fsp3) is 0.636. The topological polar surface area (TPSA) is 157 Å². The van der Waals surface area contributed by atoms with Crippen LogP contribution in [-0.2, 0) is 4.74 Å². The highest BCUT2D eigenvalue weighted by Crippen LogP contribution is 2.29. The van der Waals surface area contributed by atoms with Crippen LogP contribution < -0.4 is 17.2 Å². The second-order valence-electron chi connectivity index (χ2n) is 4.79. The van der Waals surface area contributed by atoms with Gasteiger partial charge in [0.1, 0.15) is 24.1 Å². The summed E-state index contributed by atoms with van der Waals surface area (Å²) in [5.41, 5.74) is 11.0. The number of aliphatic hydroxyl groups is 3. The van der Waals surface area contributed by atoms with Crippen LogP contribution in [0.5, 0.6) is 0 Å². The highest BCUT2D eigenvalue weighted by molar-refractivity contribution is 5.38. The van der Waals surface area contributed by atoms with Gasteiger partial charge >= 0.3 is 5.69 Å². The summed E-state index contributed by atoms with van der Waals surface area (Å²) in [5.74, 6) is 0.00740. The van der Waals surface area contributed by atoms with Crippen LogP contribution in [0.15, 0.2) is 11.0 Å². The first-order chi connectivity index (χ1) is 9.36. The van der Waals surface area contributed by atoms with Gasteiger partial charge in [0, 0.05) is 17.8 Å². The summed E-state index contributed by atoms with van der Waals surface area (Å²) in [5, 5.41) is 28.6. The molecule has 20 heavy (non-hydrogen) atoms. The SMILES string of the molecule is CC(N)c1cn([C@@H]2O[C@H](CO)[C@@H](O)[C@H]2O)c(=O)nc1N. The summed E-state index contributed by atoms with van der Waals surface area (Å²) < 4.78 is 6.28. The molecule has 1 fully saturated rings. The van der Waals surface area contributed by atoms with Gasteiger partial charge in [0.2, 0.25) is 0 Å². The summed E-state index contributed by atoms with van der Waals surface area (Å²) in [6.07, 6.45) is -3.45. The van der Waals surface area contributed by atoms with Crippen molar-refractivity contribution in [2.45, 2.75) is 37.5 Å². The molecule has 0 radical (unpaired) electrons. The van der Waals surface area contributed by atoms with Crippen LogP contribution in [0.2, 0.25) is 0 Å². The Labute approximate surface area is 114 Å². The molecule has 0 aromatic carbocycles. The molecule has 1 aliphatic rings. The lowest BCUT2D eigenvalue weighted by Gasteiger charge is -2.19. The zero-order valence-corrected chi connectivity index (χ0v) is 10.9. The number of hydrogen-bond acceptors (Lipinski definition) is 8. The maximum absolute atomic E-state index is 11.8. The van der Waals surface area contributed by atoms with Crippen molar-refractivity contribution in [3.8, 4) is 0 Å². The molecule has 9 nitrogen and oxygen atoms in total. The Hall–Kier alpha value is -1.52. The van der Waals surface area contributed by atoms with E-state index in [0.29, 0.717) is 5.56 Å². The number of nitrogen functional groups attached to an aromatic ring is 1. The number of hydrogen-bond donors (Lipinski definition) is 5. The fourth-order valence-electron chi connectivity index (χ4n) is 2.14. The molecular formula is C11H18N4O5. The molecule has 1 aromatic rings. The van der Waals surface area contributed by atoms with Gasteiger partial charge in [-0.2, -0.15) is 4.98 Å². The molecule has 7 N–H and O–H groups in total. The van der Waals surface area contributed by atoms with Crippen molar-refractivity contribution in [2.75, 3.05) is 12.3 Å². The Morgan fingerprint density at radius 3 is 2.65 bits per heavy atom. The van der Waals surface area contributed by atoms with Gasteiger partial charge in [0.05, 0.1) is 6.61 Å². The molecule has 0 bridgehead atoms. The van der Waals surface area contributed by atoms with E-state index in [0.717, 1.165) is 4.57 Å². The molecule has 1 unspecified atom stereocenters. The molecule has 2 heterocycles. The smallest absolute Gasteiger partial charge is 0.351 e. The lowest BCUT2D eigenvalue weighted by Crippen LogP contribution is -2.36. The minimum atomic E-state index is -1.36. The molecular weight excluding hydrogens is 268 g/mol. The van der Waals surface area contributed by atoms with E-state index in [1.165, 1.54) is 6.20 Å². The van der Waals surface area contributed by atoms with Crippen LogP contribution in [0.4, 0.5) is 5.82 Å². The van der Waals surface area contributed by atoms with Crippen molar-refractivity contribution in [1.29, 1.82) is 0 Å². The van der Waals surface area contributed by atoms with E-state index in [1.54, 1.807) is 6.92 Å². The minimum Gasteiger partial charge on any atom is -0.394 e. The zero-order chi connectivity index (χ0) is 15.0. The molecule has 0 amide bonds. The van der Waals surface area contributed by atoms with Gasteiger partial charge < -0.3 is 31.5 Å². The average molecular weight is 286 g/mol. The predicted octanol–water partition coefficient (Wildman–Crippen LogP) is -2.54. The molecule has 0 spiro atoms. The third-order valence-corrected chi connectivity index (χ3v) is 3.29. The van der Waals surface area contributed by atoms with Crippen LogP contribution >= 0.6 is 0 Å². The number of aromatic nitrogens is 2. The normalized spacial score (nSPS) is 31.4. The Balaban J connectivity index is 2.43. The number of aliphatic hydroxyl groups excluding tert-OH is 3. The lowest BCUT2D eigenvalue weighted by molar-refractivity contribution is -0.0550. The van der Waals surface area contributed by atoms with E-state index < -0.39 is 42.9 Å². The highest BCUT2D eigenvalue weighted by Gasteiger charge is 2.43. The second kappa shape index (κ2) is 5.46. The summed E-state index contributed by atoms with van der Waals surface area (Å²) in [6.45, 7) is 1.19. The summed E-state index contributed by atoms with van der Waals surface area (Å²) in [7, 11) is 0. The number of nitrogens with zero attached hydrogens (tertiary/aromatic N) is 2. The quantitative estimate of drug-likeness (QED) is 0.406. The standard InChI is InChI=1S/C11H18N4O5/c1-4(12)5-2-15(11(19)14-9(5)13)10-8(18)7(17)6(3-16)20-10/h2,4,6-8,10,16-18H,3,12H2,1H3,(H2,13,14,19)/t4?,6-,7-,8-,10-/m1/s1. The molecule has 9 heteroatoms. The van der Waals surface area contributed by atoms with Crippen LogP contribution in [0.1, 0.15) is 24.8 Å². The maximum atomic E-state index is 11.8. The Kier molecular flexibility index (Phi) is 4.06. The van der Waals surface area contributed by atoms with Crippen LogP contribution in [-0.4, -0.2) is 49.8 Å². The van der Waals surface area contributed by atoms with Crippen molar-refractivity contribution in [3.63, 3.8) is 0 Å². The van der Waals surface area contributed by atoms with Gasteiger partial charge in [-0.1, -0.05) is 0 Å². The summed E-state index contributed by atoms with van der Waals surface area (Å²) in [4.78, 5) is 15.5. The van der Waals surface area contributed by atoms with Crippen LogP contribution in [0.25, 0.3) is 0 Å². The van der Waals surface area contributed by atoms with Crippen molar-refractivity contribution in [2.24, 2.45) is 5.73 Å². The third-order valence-electron chi connectivity index (χ3n) is 3.29. The number of anilines is 1. The third kappa shape index (κ3) is 2.41. The van der Waals surface area contributed by atoms with E-state index in [1.807, 2.05) is 0 Å². The van der Waals surface area contributed by atoms with Gasteiger partial charge in [0.25, 0.3) is 0 Å². The van der Waals surface area contributed by atoms with Crippen LogP contribution in [0, 0.1) is 0 Å². The fourth-order valence-corrected chi connectivity index (χ4v) is 2.14. The molecule has 0 saturated carbocycles. The molecule has 112 valence electrons. The molecule has 1 saturated heterocycles. The minimum absolute atomic E-state index is 0.00740. The van der Waals surface area contributed by atoms with Crippen LogP contribution in [0.3, 0.4) is 0 Å². The van der Waals surface area contributed by atoms with Crippen molar-refractivity contribution >= 4 is 5.82 Å². The average Bonchev–Trinajstić information content (AvgIpc) is 2.66. The van der Waals surface area contributed by atoms with Gasteiger partial charge in [-0.3, -0.25) is 4.57 Å². The molecule has 1 aromatic heterocycles. The lowest BCUT2D eigenvalue weighted by atomic mass is 10.1. The van der Waals surface area contributed by atoms with E-state index >= 15 is 0 Å². The van der Waals surface area contributed by atoms with Gasteiger partial charge in [0.15, 0.2) is 6.23 Å². The van der Waals surface area contributed by atoms with Crippen molar-refractivity contribution < 1.29 is 20.1 Å². The molecule has 1 aliphatic heterocycles. The van der Waals surface area contributed by atoms with E-state index in [-0.39, 0.29) is 5.82 Å². The van der Waals surface area contributed by atoms with E-state index in [4.69, 9.17) is 21.3 Å². The highest BCUT2D eigenvalue weighted by atomic mass is 16.6. The van der Waals surface area contributed by atoms with Gasteiger partial charge in [-0.15, -0.1) is 0 Å². The first-order valence-corrected chi connectivity index (χ1v) is 6.13. The van der Waals surface area contributed by atoms with E-state index in [2.05, 4.69) is 4.98 Å². The number of rotatable bonds is 3. The first-order valence-electron chi connectivity index (χ1n) is 6.13. The Morgan fingerprint density at radius 1 is 1.50 bits per heavy atom. The second-order valence-corrected chi connectivity index (χ2v) is 4.79. The number of ether oxygens (including phenoxy) is 1. The van der Waals surface area contributed by atoms with Gasteiger partial charge in [-0.05, 0) is 6.92 Å². The summed E-state index contributed by atoms with van der Waals surface area (Å²) >= 11 is 0.